The molecule has 0 spiro atoms. The van der Waals surface area contributed by atoms with E-state index in [0.29, 0.717) is 13.2 Å². The normalized spacial score (nSPS) is 12.2. The van der Waals surface area contributed by atoms with Crippen molar-refractivity contribution in [3.63, 3.8) is 0 Å². The van der Waals surface area contributed by atoms with Gasteiger partial charge < -0.3 is 18.4 Å². The molecule has 242 valence electrons. The number of likely N-dealkylation sites (N-methyl/N-ethyl adjacent to an activating group) is 2. The molecule has 0 saturated carbocycles. The van der Waals surface area contributed by atoms with Crippen molar-refractivity contribution in [2.75, 3.05) is 66.6 Å². The average molecular weight is 619 g/mol. The maximum absolute atomic E-state index is 6.22. The van der Waals surface area contributed by atoms with Gasteiger partial charge in [0, 0.05) is 11.1 Å². The van der Waals surface area contributed by atoms with Crippen LogP contribution in [0.15, 0.2) is 97.1 Å². The van der Waals surface area contributed by atoms with Crippen molar-refractivity contribution in [1.82, 2.24) is 0 Å². The minimum Gasteiger partial charge on any atom is -0.487 e. The molecule has 0 radical (unpaired) electrons. The van der Waals surface area contributed by atoms with Crippen molar-refractivity contribution in [3.8, 4) is 22.6 Å². The predicted octanol–water partition coefficient (Wildman–Crippen LogP) is 9.42. The molecule has 0 bridgehead atoms. The highest BCUT2D eigenvalue weighted by atomic mass is 16.5. The molecule has 46 heavy (non-hydrogen) atoms. The van der Waals surface area contributed by atoms with E-state index in [1.807, 2.05) is 12.1 Å². The summed E-state index contributed by atoms with van der Waals surface area (Å²) >= 11 is 0. The third-order valence-electron chi connectivity index (χ3n) is 9.73. The Morgan fingerprint density at radius 2 is 0.804 bits per heavy atom. The van der Waals surface area contributed by atoms with E-state index in [1.54, 1.807) is 0 Å². The van der Waals surface area contributed by atoms with Crippen molar-refractivity contribution in [1.29, 1.82) is 0 Å². The van der Waals surface area contributed by atoms with Gasteiger partial charge in [0.1, 0.15) is 37.8 Å². The summed E-state index contributed by atoms with van der Waals surface area (Å²) in [4.78, 5) is 0. The van der Waals surface area contributed by atoms with Gasteiger partial charge in [0.2, 0.25) is 0 Å². The van der Waals surface area contributed by atoms with Gasteiger partial charge in [-0.05, 0) is 62.1 Å². The van der Waals surface area contributed by atoms with Gasteiger partial charge >= 0.3 is 0 Å². The Balaban J connectivity index is 1.35. The summed E-state index contributed by atoms with van der Waals surface area (Å²) in [6, 6.07) is 34.0. The second-order valence-electron chi connectivity index (χ2n) is 12.6. The Morgan fingerprint density at radius 1 is 0.457 bits per heavy atom. The maximum atomic E-state index is 6.22. The molecular formula is C42H54N2O2+2. The molecule has 0 atom stereocenters. The van der Waals surface area contributed by atoms with Crippen molar-refractivity contribution < 1.29 is 18.4 Å². The SMILES string of the molecule is CC[N+](C)(CC)CCOc1ccccc1/C=C/c1ccc(-c2ccc(/C=C/c3ccccc3OCC[N+](C)(CC)CC)cc2)cc1. The maximum Gasteiger partial charge on any atom is 0.137 e. The zero-order valence-corrected chi connectivity index (χ0v) is 28.9. The van der Waals surface area contributed by atoms with Gasteiger partial charge in [-0.1, -0.05) is 109 Å². The van der Waals surface area contributed by atoms with Crippen LogP contribution in [0.4, 0.5) is 0 Å². The first-order chi connectivity index (χ1) is 22.3. The van der Waals surface area contributed by atoms with Crippen LogP contribution < -0.4 is 9.47 Å². The van der Waals surface area contributed by atoms with Crippen LogP contribution >= 0.6 is 0 Å². The van der Waals surface area contributed by atoms with Crippen molar-refractivity contribution in [2.24, 2.45) is 0 Å². The second kappa shape index (κ2) is 17.0. The van der Waals surface area contributed by atoms with E-state index >= 15 is 0 Å². The van der Waals surface area contributed by atoms with Crippen LogP contribution in [0.1, 0.15) is 49.9 Å². The number of hydrogen-bond acceptors (Lipinski definition) is 2. The van der Waals surface area contributed by atoms with Crippen LogP contribution in [0.25, 0.3) is 35.4 Å². The Hall–Kier alpha value is -4.12. The van der Waals surface area contributed by atoms with E-state index in [-0.39, 0.29) is 0 Å². The molecule has 0 aliphatic heterocycles. The van der Waals surface area contributed by atoms with Gasteiger partial charge in [0.05, 0.1) is 40.3 Å². The first-order valence-corrected chi connectivity index (χ1v) is 17.0. The van der Waals surface area contributed by atoms with E-state index in [9.17, 15) is 0 Å². The van der Waals surface area contributed by atoms with E-state index in [0.717, 1.165) is 82.0 Å². The lowest BCUT2D eigenvalue weighted by Crippen LogP contribution is -2.46. The summed E-state index contributed by atoms with van der Waals surface area (Å²) in [6.07, 6.45) is 8.61. The lowest BCUT2D eigenvalue weighted by molar-refractivity contribution is -0.906. The molecule has 0 fully saturated rings. The van der Waals surface area contributed by atoms with Crippen molar-refractivity contribution in [3.05, 3.63) is 119 Å². The number of hydrogen-bond donors (Lipinski definition) is 0. The minimum absolute atomic E-state index is 0.714. The standard InChI is InChI=1S/C42H54N2O2/c1-7-43(5,8-2)31-33-45-41-17-13-11-15-39(41)29-23-35-19-25-37(26-20-35)38-27-21-36(22-28-38)24-30-40-16-12-14-18-42(40)46-34-32-44(6,9-3)10-4/h11-30H,7-10,31-34H2,1-6H3/q+2/b29-23+,30-24+. The quantitative estimate of drug-likeness (QED) is 0.0867. The van der Waals surface area contributed by atoms with Gasteiger partial charge in [-0.15, -0.1) is 0 Å². The predicted molar refractivity (Wildman–Crippen MR) is 198 cm³/mol. The number of para-hydroxylation sites is 2. The molecule has 0 saturated heterocycles. The molecule has 0 N–H and O–H groups in total. The Morgan fingerprint density at radius 3 is 1.15 bits per heavy atom. The van der Waals surface area contributed by atoms with Crippen LogP contribution in [0.3, 0.4) is 0 Å². The van der Waals surface area contributed by atoms with Crippen LogP contribution in [0.5, 0.6) is 11.5 Å². The number of ether oxygens (including phenoxy) is 2. The van der Waals surface area contributed by atoms with Crippen LogP contribution in [0.2, 0.25) is 0 Å². The minimum atomic E-state index is 0.714. The summed E-state index contributed by atoms with van der Waals surface area (Å²) in [7, 11) is 4.58. The first-order valence-electron chi connectivity index (χ1n) is 17.0. The lowest BCUT2D eigenvalue weighted by atomic mass is 10.0. The summed E-state index contributed by atoms with van der Waals surface area (Å²) in [5, 5.41) is 0. The highest BCUT2D eigenvalue weighted by molar-refractivity contribution is 5.76. The molecule has 0 heterocycles. The van der Waals surface area contributed by atoms with E-state index in [4.69, 9.17) is 9.47 Å². The first kappa shape index (κ1) is 34.7. The fraction of sp³-hybridized carbons (Fsp3) is 0.333. The van der Waals surface area contributed by atoms with Gasteiger partial charge in [-0.25, -0.2) is 0 Å². The lowest BCUT2D eigenvalue weighted by Gasteiger charge is -2.31. The van der Waals surface area contributed by atoms with E-state index < -0.39 is 0 Å². The average Bonchev–Trinajstić information content (AvgIpc) is 3.11. The zero-order valence-electron chi connectivity index (χ0n) is 28.9. The Labute approximate surface area is 278 Å². The zero-order chi connectivity index (χ0) is 32.8. The van der Waals surface area contributed by atoms with Gasteiger partial charge in [0.15, 0.2) is 0 Å². The Kier molecular flexibility index (Phi) is 12.8. The molecule has 4 aromatic carbocycles. The summed E-state index contributed by atoms with van der Waals surface area (Å²) in [5.74, 6) is 1.87. The molecule has 0 unspecified atom stereocenters. The van der Waals surface area contributed by atoms with Crippen LogP contribution in [-0.4, -0.2) is 75.5 Å². The fourth-order valence-corrected chi connectivity index (χ4v) is 5.28. The van der Waals surface area contributed by atoms with Gasteiger partial charge in [-0.2, -0.15) is 0 Å². The smallest absolute Gasteiger partial charge is 0.137 e. The number of rotatable bonds is 17. The van der Waals surface area contributed by atoms with Crippen LogP contribution in [-0.2, 0) is 0 Å². The Bertz CT molecular complexity index is 1430. The summed E-state index contributed by atoms with van der Waals surface area (Å²) < 4.78 is 14.5. The largest absolute Gasteiger partial charge is 0.487 e. The molecule has 4 rings (SSSR count). The van der Waals surface area contributed by atoms with E-state index in [2.05, 4.69) is 151 Å². The molecule has 0 amide bonds. The molecule has 4 nitrogen and oxygen atoms in total. The number of nitrogens with zero attached hydrogens (tertiary/aromatic N) is 2. The monoisotopic (exact) mass is 618 g/mol. The third kappa shape index (κ3) is 9.94. The highest BCUT2D eigenvalue weighted by Gasteiger charge is 2.17. The number of benzene rings is 4. The third-order valence-corrected chi connectivity index (χ3v) is 9.73. The topological polar surface area (TPSA) is 18.5 Å². The van der Waals surface area contributed by atoms with Crippen LogP contribution in [0, 0.1) is 0 Å². The molecular weight excluding hydrogens is 564 g/mol. The fourth-order valence-electron chi connectivity index (χ4n) is 5.28. The highest BCUT2D eigenvalue weighted by Crippen LogP contribution is 2.25. The molecule has 0 aliphatic rings. The van der Waals surface area contributed by atoms with Gasteiger partial charge in [-0.3, -0.25) is 0 Å². The van der Waals surface area contributed by atoms with Gasteiger partial charge in [0.25, 0.3) is 0 Å². The van der Waals surface area contributed by atoms with Crippen molar-refractivity contribution >= 4 is 24.3 Å². The van der Waals surface area contributed by atoms with Crippen molar-refractivity contribution in [2.45, 2.75) is 27.7 Å². The summed E-state index contributed by atoms with van der Waals surface area (Å²) in [6.45, 7) is 16.9. The molecule has 0 aromatic heterocycles. The summed E-state index contributed by atoms with van der Waals surface area (Å²) in [5.41, 5.74) is 6.92. The molecule has 4 aromatic rings. The molecule has 0 aliphatic carbocycles. The number of quaternary nitrogens is 2. The second-order valence-corrected chi connectivity index (χ2v) is 12.6. The molecule has 4 heteroatoms. The van der Waals surface area contributed by atoms with E-state index in [1.165, 1.54) is 11.1 Å².